The molecule has 0 aliphatic carbocycles. The van der Waals surface area contributed by atoms with Crippen LogP contribution in [0, 0.1) is 0 Å². The topological polar surface area (TPSA) is 105 Å². The van der Waals surface area contributed by atoms with E-state index in [9.17, 15) is 16.8 Å². The molecule has 11 heteroatoms. The van der Waals surface area contributed by atoms with Gasteiger partial charge in [0.2, 0.25) is 0 Å². The molecule has 2 heterocycles. The van der Waals surface area contributed by atoms with Crippen LogP contribution in [0.15, 0.2) is 82.0 Å². The molecule has 0 aliphatic heterocycles. The van der Waals surface area contributed by atoms with E-state index in [0.717, 1.165) is 21.4 Å². The van der Waals surface area contributed by atoms with Gasteiger partial charge in [0.25, 0.3) is 20.0 Å². The highest BCUT2D eigenvalue weighted by Crippen LogP contribution is 2.31. The summed E-state index contributed by atoms with van der Waals surface area (Å²) < 4.78 is 56.7. The molecule has 154 valence electrons. The number of anilines is 2. The molecular formula is C19H14ClN3O4S3. The molecule has 0 saturated heterocycles. The van der Waals surface area contributed by atoms with Crippen molar-refractivity contribution in [3.63, 3.8) is 0 Å². The fourth-order valence-corrected chi connectivity index (χ4v) is 6.27. The number of aromatic nitrogens is 1. The number of halogens is 1. The molecule has 0 radical (unpaired) electrons. The van der Waals surface area contributed by atoms with Gasteiger partial charge in [-0.3, -0.25) is 9.44 Å². The Balaban J connectivity index is 1.65. The number of nitrogens with one attached hydrogen (secondary N) is 2. The third-order valence-corrected chi connectivity index (χ3v) is 8.64. The highest BCUT2D eigenvalue weighted by atomic mass is 35.5. The maximum absolute atomic E-state index is 12.9. The molecule has 0 atom stereocenters. The van der Waals surface area contributed by atoms with Crippen molar-refractivity contribution in [2.45, 2.75) is 9.10 Å². The molecule has 0 bridgehead atoms. The van der Waals surface area contributed by atoms with E-state index in [2.05, 4.69) is 14.4 Å². The van der Waals surface area contributed by atoms with Crippen molar-refractivity contribution < 1.29 is 16.8 Å². The SMILES string of the molecule is O=S(=O)(Nc1cccnc1NS(=O)(=O)c1cc2ccccc2s1)c1ccc(Cl)cc1. The summed E-state index contributed by atoms with van der Waals surface area (Å²) in [5.74, 6) is -0.132. The van der Waals surface area contributed by atoms with Crippen LogP contribution in [-0.2, 0) is 20.0 Å². The maximum Gasteiger partial charge on any atom is 0.272 e. The lowest BCUT2D eigenvalue weighted by atomic mass is 10.3. The molecule has 30 heavy (non-hydrogen) atoms. The normalized spacial score (nSPS) is 12.0. The summed E-state index contributed by atoms with van der Waals surface area (Å²) in [7, 11) is -7.94. The first-order valence-electron chi connectivity index (χ1n) is 8.49. The molecule has 7 nitrogen and oxygen atoms in total. The molecule has 2 aromatic heterocycles. The average Bonchev–Trinajstić information content (AvgIpc) is 3.15. The Hall–Kier alpha value is -2.66. The minimum atomic E-state index is -3.97. The number of pyridine rings is 1. The predicted octanol–water partition coefficient (Wildman–Crippen LogP) is 4.55. The molecule has 2 N–H and O–H groups in total. The Morgan fingerprint density at radius 3 is 2.30 bits per heavy atom. The summed E-state index contributed by atoms with van der Waals surface area (Å²) in [5, 5.41) is 1.19. The van der Waals surface area contributed by atoms with Crippen molar-refractivity contribution in [1.82, 2.24) is 4.98 Å². The van der Waals surface area contributed by atoms with E-state index in [1.165, 1.54) is 42.6 Å². The molecule has 0 unspecified atom stereocenters. The molecule has 0 amide bonds. The highest BCUT2D eigenvalue weighted by molar-refractivity contribution is 7.95. The van der Waals surface area contributed by atoms with Crippen molar-refractivity contribution in [3.8, 4) is 0 Å². The lowest BCUT2D eigenvalue weighted by molar-refractivity contribution is 0.599. The lowest BCUT2D eigenvalue weighted by Gasteiger charge is -2.13. The Bertz CT molecular complexity index is 1400. The van der Waals surface area contributed by atoms with Crippen molar-refractivity contribution in [1.29, 1.82) is 0 Å². The van der Waals surface area contributed by atoms with Gasteiger partial charge in [-0.1, -0.05) is 29.8 Å². The Morgan fingerprint density at radius 1 is 0.833 bits per heavy atom. The smallest absolute Gasteiger partial charge is 0.272 e. The van der Waals surface area contributed by atoms with Crippen LogP contribution in [0.1, 0.15) is 0 Å². The summed E-state index contributed by atoms with van der Waals surface area (Å²) in [6.07, 6.45) is 1.36. The lowest BCUT2D eigenvalue weighted by Crippen LogP contribution is -2.18. The van der Waals surface area contributed by atoms with E-state index in [1.54, 1.807) is 6.07 Å². The van der Waals surface area contributed by atoms with Gasteiger partial charge in [-0.25, -0.2) is 21.8 Å². The third-order valence-electron chi connectivity index (χ3n) is 4.07. The van der Waals surface area contributed by atoms with Crippen molar-refractivity contribution in [2.75, 3.05) is 9.44 Å². The molecule has 0 fully saturated rings. The van der Waals surface area contributed by atoms with Crippen molar-refractivity contribution in [2.24, 2.45) is 0 Å². The van der Waals surface area contributed by atoms with Crippen molar-refractivity contribution in [3.05, 3.63) is 77.9 Å². The Labute approximate surface area is 182 Å². The van der Waals surface area contributed by atoms with Crippen LogP contribution in [0.5, 0.6) is 0 Å². The van der Waals surface area contributed by atoms with Crippen LogP contribution >= 0.6 is 22.9 Å². The zero-order chi connectivity index (χ0) is 21.4. The Morgan fingerprint density at radius 2 is 1.57 bits per heavy atom. The molecule has 0 aliphatic rings. The number of fused-ring (bicyclic) bond motifs is 1. The molecule has 2 aromatic carbocycles. The fourth-order valence-electron chi connectivity index (χ4n) is 2.65. The summed E-state index contributed by atoms with van der Waals surface area (Å²) in [6, 6.07) is 17.4. The predicted molar refractivity (Wildman–Crippen MR) is 119 cm³/mol. The number of benzene rings is 2. The van der Waals surface area contributed by atoms with Gasteiger partial charge < -0.3 is 0 Å². The van der Waals surface area contributed by atoms with Gasteiger partial charge in [-0.05, 0) is 53.9 Å². The minimum Gasteiger partial charge on any atom is -0.276 e. The van der Waals surface area contributed by atoms with Gasteiger partial charge in [-0.15, -0.1) is 11.3 Å². The van der Waals surface area contributed by atoms with E-state index in [0.29, 0.717) is 5.02 Å². The average molecular weight is 480 g/mol. The van der Waals surface area contributed by atoms with Crippen LogP contribution in [0.4, 0.5) is 11.5 Å². The minimum absolute atomic E-state index is 0.00265. The second-order valence-corrected chi connectivity index (χ2v) is 11.3. The second-order valence-electron chi connectivity index (χ2n) is 6.17. The first-order chi connectivity index (χ1) is 14.2. The van der Waals surface area contributed by atoms with E-state index in [1.807, 2.05) is 24.3 Å². The molecule has 0 saturated carbocycles. The molecule has 4 aromatic rings. The molecule has 4 rings (SSSR count). The number of nitrogens with zero attached hydrogens (tertiary/aromatic N) is 1. The van der Waals surface area contributed by atoms with E-state index in [4.69, 9.17) is 11.6 Å². The Kier molecular flexibility index (Phi) is 5.41. The zero-order valence-electron chi connectivity index (χ0n) is 15.1. The fraction of sp³-hybridized carbons (Fsp3) is 0. The van der Waals surface area contributed by atoms with E-state index in [-0.39, 0.29) is 20.6 Å². The summed E-state index contributed by atoms with van der Waals surface area (Å²) in [4.78, 5) is 3.98. The maximum atomic E-state index is 12.9. The van der Waals surface area contributed by atoms with Gasteiger partial charge in [0.15, 0.2) is 5.82 Å². The van der Waals surface area contributed by atoms with Gasteiger partial charge in [0.1, 0.15) is 4.21 Å². The van der Waals surface area contributed by atoms with Gasteiger partial charge >= 0.3 is 0 Å². The second kappa shape index (κ2) is 7.88. The van der Waals surface area contributed by atoms with Gasteiger partial charge in [0.05, 0.1) is 10.6 Å². The van der Waals surface area contributed by atoms with Crippen molar-refractivity contribution >= 4 is 64.6 Å². The number of hydrogen-bond acceptors (Lipinski definition) is 6. The standard InChI is InChI=1S/C19H14ClN3O4S3/c20-14-7-9-15(10-8-14)29(24,25)22-16-5-3-11-21-19(16)23-30(26,27)18-12-13-4-1-2-6-17(13)28-18/h1-12,22H,(H,21,23). The zero-order valence-corrected chi connectivity index (χ0v) is 18.3. The quantitative estimate of drug-likeness (QED) is 0.422. The number of rotatable bonds is 6. The summed E-state index contributed by atoms with van der Waals surface area (Å²) >= 11 is 6.92. The summed E-state index contributed by atoms with van der Waals surface area (Å²) in [6.45, 7) is 0. The van der Waals surface area contributed by atoms with Gasteiger partial charge in [0, 0.05) is 15.9 Å². The molecular weight excluding hydrogens is 466 g/mol. The van der Waals surface area contributed by atoms with Crippen LogP contribution in [0.2, 0.25) is 5.02 Å². The number of sulfonamides is 2. The van der Waals surface area contributed by atoms with E-state index < -0.39 is 20.0 Å². The van der Waals surface area contributed by atoms with Crippen LogP contribution in [0.25, 0.3) is 10.1 Å². The molecule has 0 spiro atoms. The van der Waals surface area contributed by atoms with Crippen LogP contribution in [-0.4, -0.2) is 21.8 Å². The van der Waals surface area contributed by atoms with Crippen LogP contribution in [0.3, 0.4) is 0 Å². The largest absolute Gasteiger partial charge is 0.276 e. The van der Waals surface area contributed by atoms with Crippen LogP contribution < -0.4 is 9.44 Å². The monoisotopic (exact) mass is 479 g/mol. The first kappa shape index (κ1) is 20.6. The van der Waals surface area contributed by atoms with E-state index >= 15 is 0 Å². The summed E-state index contributed by atoms with van der Waals surface area (Å²) in [5.41, 5.74) is -0.00265. The number of hydrogen-bond donors (Lipinski definition) is 2. The number of thiophene rings is 1. The first-order valence-corrected chi connectivity index (χ1v) is 12.7. The third kappa shape index (κ3) is 4.26. The van der Waals surface area contributed by atoms with Gasteiger partial charge in [-0.2, -0.15) is 0 Å². The highest BCUT2D eigenvalue weighted by Gasteiger charge is 2.22.